The first-order valence-electron chi connectivity index (χ1n) is 9.51. The maximum absolute atomic E-state index is 14.2. The molecule has 31 heavy (non-hydrogen) atoms. The van der Waals surface area contributed by atoms with Crippen LogP contribution >= 0.6 is 0 Å². The fourth-order valence-electron chi connectivity index (χ4n) is 2.59. The lowest BCUT2D eigenvalue weighted by molar-refractivity contribution is -0.0619. The van der Waals surface area contributed by atoms with Crippen molar-refractivity contribution in [1.82, 2.24) is 14.8 Å². The van der Waals surface area contributed by atoms with Gasteiger partial charge in [-0.25, -0.2) is 8.78 Å². The predicted molar refractivity (Wildman–Crippen MR) is 116 cm³/mol. The van der Waals surface area contributed by atoms with E-state index in [0.29, 0.717) is 24.0 Å². The van der Waals surface area contributed by atoms with E-state index in [2.05, 4.69) is 21.5 Å². The van der Waals surface area contributed by atoms with Crippen LogP contribution < -0.4 is 10.1 Å². The molecule has 0 fully saturated rings. The van der Waals surface area contributed by atoms with Crippen molar-refractivity contribution in [1.29, 1.82) is 5.26 Å². The van der Waals surface area contributed by atoms with E-state index in [9.17, 15) is 8.78 Å². The van der Waals surface area contributed by atoms with Gasteiger partial charge in [0.1, 0.15) is 19.2 Å². The zero-order chi connectivity index (χ0) is 22.6. The lowest BCUT2D eigenvalue weighted by Crippen LogP contribution is -2.51. The molecule has 6 nitrogen and oxygen atoms in total. The summed E-state index contributed by atoms with van der Waals surface area (Å²) >= 11 is 0. The molecule has 0 bridgehead atoms. The number of nitriles is 1. The Labute approximate surface area is 182 Å². The van der Waals surface area contributed by atoms with Crippen LogP contribution in [-0.2, 0) is 0 Å². The van der Waals surface area contributed by atoms with Crippen molar-refractivity contribution in [2.75, 3.05) is 11.9 Å². The van der Waals surface area contributed by atoms with Gasteiger partial charge in [-0.3, -0.25) is 0 Å². The highest BCUT2D eigenvalue weighted by Gasteiger charge is 2.42. The van der Waals surface area contributed by atoms with Crippen LogP contribution in [0.4, 0.5) is 14.7 Å². The molecule has 0 aliphatic rings. The number of aryl methyl sites for hydroxylation is 1. The first-order valence-corrected chi connectivity index (χ1v) is 9.51. The van der Waals surface area contributed by atoms with Crippen LogP contribution in [0, 0.1) is 18.3 Å². The third-order valence-electron chi connectivity index (χ3n) is 4.45. The highest BCUT2D eigenvalue weighted by molar-refractivity contribution is 6.24. The molecule has 2 aromatic carbocycles. The molecule has 2 atom stereocenters. The van der Waals surface area contributed by atoms with Gasteiger partial charge in [0.15, 0.2) is 13.7 Å². The minimum Gasteiger partial charge on any atom is -0.465 e. The fraction of sp³-hybridized carbons (Fsp3) is 0.286. The van der Waals surface area contributed by atoms with Gasteiger partial charge in [0, 0.05) is 12.1 Å². The van der Waals surface area contributed by atoms with Crippen LogP contribution in [-0.4, -0.2) is 48.3 Å². The highest BCUT2D eigenvalue weighted by Crippen LogP contribution is 2.29. The average molecular weight is 417 g/mol. The van der Waals surface area contributed by atoms with Crippen molar-refractivity contribution in [2.24, 2.45) is 0 Å². The standard InChI is InChI=1S/C21H19B2F2N5O/c1-14-4-6-15(7-5-14)18-28-19(27-13-3-12-26)30(29-18)16-8-10-17(11-9-16)31-21(23,25)20(2,22)24/h4-11H,3,13H2,1-2H3,(H,27,28,29). The van der Waals surface area contributed by atoms with Crippen molar-refractivity contribution in [3.63, 3.8) is 0 Å². The maximum atomic E-state index is 14.2. The Morgan fingerprint density at radius 3 is 2.35 bits per heavy atom. The second-order valence-electron chi connectivity index (χ2n) is 7.19. The number of halogens is 2. The first-order chi connectivity index (χ1) is 14.6. The largest absolute Gasteiger partial charge is 0.465 e. The number of aromatic nitrogens is 3. The number of anilines is 1. The molecule has 4 radical (unpaired) electrons. The van der Waals surface area contributed by atoms with Crippen molar-refractivity contribution >= 4 is 21.6 Å². The SMILES string of the molecule is [B]C(C)(F)C([B])(F)Oc1ccc(-n2nc(-c3ccc(C)cc3)nc2NCCC#N)cc1. The number of nitrogens with one attached hydrogen (secondary N) is 1. The molecule has 10 heteroatoms. The van der Waals surface area contributed by atoms with Crippen LogP contribution in [0.2, 0.25) is 0 Å². The number of alkyl halides is 2. The van der Waals surface area contributed by atoms with Gasteiger partial charge in [-0.1, -0.05) is 29.8 Å². The van der Waals surface area contributed by atoms with Gasteiger partial charge in [0.25, 0.3) is 0 Å². The molecule has 0 amide bonds. The minimum atomic E-state index is -3.20. The van der Waals surface area contributed by atoms with Gasteiger partial charge in [-0.2, -0.15) is 14.9 Å². The Morgan fingerprint density at radius 2 is 1.77 bits per heavy atom. The van der Waals surface area contributed by atoms with Gasteiger partial charge in [-0.05, 0) is 38.1 Å². The highest BCUT2D eigenvalue weighted by atomic mass is 19.2. The van der Waals surface area contributed by atoms with E-state index in [0.717, 1.165) is 18.1 Å². The van der Waals surface area contributed by atoms with E-state index in [1.54, 1.807) is 16.8 Å². The van der Waals surface area contributed by atoms with Gasteiger partial charge in [-0.15, -0.1) is 5.10 Å². The summed E-state index contributed by atoms with van der Waals surface area (Å²) < 4.78 is 34.3. The molecule has 1 aromatic heterocycles. The van der Waals surface area contributed by atoms with E-state index in [-0.39, 0.29) is 12.2 Å². The van der Waals surface area contributed by atoms with Crippen molar-refractivity contribution in [3.05, 3.63) is 54.1 Å². The molecule has 0 spiro atoms. The summed E-state index contributed by atoms with van der Waals surface area (Å²) in [6.07, 6.45) is 0.287. The van der Waals surface area contributed by atoms with E-state index < -0.39 is 11.3 Å². The zero-order valence-corrected chi connectivity index (χ0v) is 17.1. The topological polar surface area (TPSA) is 75.8 Å². The molecule has 2 unspecified atom stereocenters. The predicted octanol–water partition coefficient (Wildman–Crippen LogP) is 3.59. The Kier molecular flexibility index (Phi) is 6.34. The lowest BCUT2D eigenvalue weighted by Gasteiger charge is -2.32. The van der Waals surface area contributed by atoms with Crippen LogP contribution in [0.25, 0.3) is 17.1 Å². The number of nitrogens with zero attached hydrogens (tertiary/aromatic N) is 4. The van der Waals surface area contributed by atoms with Gasteiger partial charge in [0.05, 0.1) is 18.2 Å². The van der Waals surface area contributed by atoms with Crippen molar-refractivity contribution in [3.8, 4) is 28.9 Å². The summed E-state index contributed by atoms with van der Waals surface area (Å²) in [6.45, 7) is 3.15. The van der Waals surface area contributed by atoms with Crippen LogP contribution in [0.1, 0.15) is 18.9 Å². The monoisotopic (exact) mass is 417 g/mol. The second-order valence-corrected chi connectivity index (χ2v) is 7.19. The average Bonchev–Trinajstić information content (AvgIpc) is 3.12. The van der Waals surface area contributed by atoms with Gasteiger partial charge in [0.2, 0.25) is 11.7 Å². The Morgan fingerprint density at radius 1 is 1.13 bits per heavy atom. The summed E-state index contributed by atoms with van der Waals surface area (Å²) in [5.74, 6) is -2.30. The molecule has 3 rings (SSSR count). The summed E-state index contributed by atoms with van der Waals surface area (Å²) in [5, 5.41) is 16.4. The molecule has 154 valence electrons. The Balaban J connectivity index is 1.91. The summed E-state index contributed by atoms with van der Waals surface area (Å²) in [6, 6.07) is 15.8. The van der Waals surface area contributed by atoms with Crippen LogP contribution in [0.15, 0.2) is 48.5 Å². The van der Waals surface area contributed by atoms with Crippen molar-refractivity contribution < 1.29 is 13.5 Å². The summed E-state index contributed by atoms with van der Waals surface area (Å²) in [4.78, 5) is 4.53. The zero-order valence-electron chi connectivity index (χ0n) is 17.1. The lowest BCUT2D eigenvalue weighted by atomic mass is 9.70. The van der Waals surface area contributed by atoms with Crippen LogP contribution in [0.3, 0.4) is 0 Å². The van der Waals surface area contributed by atoms with Crippen LogP contribution in [0.5, 0.6) is 5.75 Å². The molecule has 0 saturated heterocycles. The normalized spacial score (nSPS) is 14.8. The molecular formula is C21H19B2F2N5O. The van der Waals surface area contributed by atoms with E-state index in [1.807, 2.05) is 31.2 Å². The quantitative estimate of drug-likeness (QED) is 0.448. The number of hydrogen-bond donors (Lipinski definition) is 1. The number of hydrogen-bond acceptors (Lipinski definition) is 5. The summed E-state index contributed by atoms with van der Waals surface area (Å²) in [7, 11) is 10.3. The number of rotatable bonds is 8. The minimum absolute atomic E-state index is 0.0130. The first kappa shape index (κ1) is 22.3. The van der Waals surface area contributed by atoms with E-state index >= 15 is 0 Å². The van der Waals surface area contributed by atoms with E-state index in [1.165, 1.54) is 12.1 Å². The number of benzene rings is 2. The number of ether oxygens (including phenoxy) is 1. The smallest absolute Gasteiger partial charge is 0.226 e. The third kappa shape index (κ3) is 5.23. The Bertz CT molecular complexity index is 1070. The molecule has 0 aliphatic carbocycles. The second kappa shape index (κ2) is 8.80. The molecule has 0 aliphatic heterocycles. The third-order valence-corrected chi connectivity index (χ3v) is 4.45. The van der Waals surface area contributed by atoms with Gasteiger partial charge < -0.3 is 10.1 Å². The Hall–Kier alpha value is -3.34. The van der Waals surface area contributed by atoms with E-state index in [4.69, 9.17) is 25.7 Å². The molecule has 3 aromatic rings. The summed E-state index contributed by atoms with van der Waals surface area (Å²) in [5.41, 5.74) is -0.381. The fourth-order valence-corrected chi connectivity index (χ4v) is 2.59. The molecular weight excluding hydrogens is 398 g/mol. The molecule has 0 saturated carbocycles. The van der Waals surface area contributed by atoms with Gasteiger partial charge >= 0.3 is 0 Å². The van der Waals surface area contributed by atoms with Crippen molar-refractivity contribution in [2.45, 2.75) is 31.6 Å². The molecule has 1 N–H and O–H groups in total. The maximum Gasteiger partial charge on any atom is 0.226 e. The molecule has 1 heterocycles.